The van der Waals surface area contributed by atoms with E-state index in [1.54, 1.807) is 0 Å². The van der Waals surface area contributed by atoms with Crippen LogP contribution in [0.15, 0.2) is 24.3 Å². The van der Waals surface area contributed by atoms with Gasteiger partial charge < -0.3 is 14.2 Å². The van der Waals surface area contributed by atoms with Crippen molar-refractivity contribution in [2.75, 3.05) is 40.4 Å². The maximum atomic E-state index is 6.16. The van der Waals surface area contributed by atoms with E-state index in [2.05, 4.69) is 37.7 Å². The topological polar surface area (TPSA) is 34.2 Å². The normalized spacial score (nSPS) is 21.0. The van der Waals surface area contributed by atoms with Gasteiger partial charge >= 0.3 is 0 Å². The maximum absolute atomic E-state index is 6.16. The minimum atomic E-state index is -0.0819. The SMILES string of the molecule is CCCCN(C)C1COCC(N(C)CCCC)Oc2cccc(c2)O1. The zero-order valence-corrected chi connectivity index (χ0v) is 16.2. The molecule has 1 aromatic rings. The van der Waals surface area contributed by atoms with Crippen molar-refractivity contribution in [1.29, 1.82) is 0 Å². The molecule has 2 atom stereocenters. The average Bonchev–Trinajstić information content (AvgIpc) is 2.62. The fourth-order valence-corrected chi connectivity index (χ4v) is 2.81. The molecule has 0 radical (unpaired) electrons. The summed E-state index contributed by atoms with van der Waals surface area (Å²) in [5, 5.41) is 0. The number of nitrogens with zero attached hydrogens (tertiary/aromatic N) is 2. The van der Waals surface area contributed by atoms with Crippen molar-refractivity contribution in [2.45, 2.75) is 52.0 Å². The van der Waals surface area contributed by atoms with Gasteiger partial charge in [-0.1, -0.05) is 32.8 Å². The summed E-state index contributed by atoms with van der Waals surface area (Å²) in [7, 11) is 4.20. The summed E-state index contributed by atoms with van der Waals surface area (Å²) in [6.45, 7) is 7.48. The number of ether oxygens (including phenoxy) is 3. The summed E-state index contributed by atoms with van der Waals surface area (Å²) >= 11 is 0. The summed E-state index contributed by atoms with van der Waals surface area (Å²) in [6, 6.07) is 7.92. The van der Waals surface area contributed by atoms with E-state index in [0.29, 0.717) is 13.2 Å². The molecule has 0 aliphatic carbocycles. The van der Waals surface area contributed by atoms with Crippen molar-refractivity contribution in [3.63, 3.8) is 0 Å². The van der Waals surface area contributed by atoms with Crippen LogP contribution in [0.25, 0.3) is 0 Å². The first kappa shape index (κ1) is 20.0. The molecule has 2 bridgehead atoms. The summed E-state index contributed by atoms with van der Waals surface area (Å²) in [6.07, 6.45) is 4.49. The van der Waals surface area contributed by atoms with Gasteiger partial charge in [0.2, 0.25) is 0 Å². The molecule has 0 amide bonds. The van der Waals surface area contributed by atoms with Gasteiger partial charge in [-0.2, -0.15) is 0 Å². The Bertz CT molecular complexity index is 458. The second-order valence-corrected chi connectivity index (χ2v) is 6.83. The van der Waals surface area contributed by atoms with Crippen LogP contribution in [0.3, 0.4) is 0 Å². The first-order valence-electron chi connectivity index (χ1n) is 9.55. The number of unbranched alkanes of at least 4 members (excludes halogenated alkanes) is 2. The van der Waals surface area contributed by atoms with Gasteiger partial charge in [-0.05, 0) is 39.1 Å². The molecule has 0 N–H and O–H groups in total. The van der Waals surface area contributed by atoms with Crippen LogP contribution in [0.1, 0.15) is 39.5 Å². The Labute approximate surface area is 152 Å². The van der Waals surface area contributed by atoms with E-state index in [9.17, 15) is 0 Å². The van der Waals surface area contributed by atoms with E-state index >= 15 is 0 Å². The fraction of sp³-hybridized carbons (Fsp3) is 0.700. The van der Waals surface area contributed by atoms with Crippen LogP contribution in [0, 0.1) is 0 Å². The number of likely N-dealkylation sites (N-methyl/N-ethyl adjacent to an activating group) is 2. The van der Waals surface area contributed by atoms with Crippen molar-refractivity contribution < 1.29 is 14.2 Å². The minimum Gasteiger partial charge on any atom is -0.473 e. The minimum absolute atomic E-state index is 0.0819. The van der Waals surface area contributed by atoms with E-state index in [1.807, 2.05) is 24.3 Å². The predicted octanol–water partition coefficient (Wildman–Crippen LogP) is 3.59. The molecule has 1 aliphatic heterocycles. The second-order valence-electron chi connectivity index (χ2n) is 6.83. The molecule has 2 rings (SSSR count). The van der Waals surface area contributed by atoms with E-state index in [4.69, 9.17) is 14.2 Å². The van der Waals surface area contributed by atoms with Gasteiger partial charge in [-0.3, -0.25) is 9.80 Å². The van der Waals surface area contributed by atoms with Crippen LogP contribution >= 0.6 is 0 Å². The monoisotopic (exact) mass is 350 g/mol. The highest BCUT2D eigenvalue weighted by molar-refractivity contribution is 5.33. The van der Waals surface area contributed by atoms with E-state index in [0.717, 1.165) is 37.4 Å². The number of hydrogen-bond donors (Lipinski definition) is 0. The second kappa shape index (κ2) is 10.6. The molecular formula is C20H34N2O3. The molecule has 5 nitrogen and oxygen atoms in total. The Hall–Kier alpha value is -1.30. The lowest BCUT2D eigenvalue weighted by Crippen LogP contribution is -2.45. The largest absolute Gasteiger partial charge is 0.473 e. The zero-order chi connectivity index (χ0) is 18.1. The smallest absolute Gasteiger partial charge is 0.175 e. The average molecular weight is 351 g/mol. The summed E-state index contributed by atoms with van der Waals surface area (Å²) in [4.78, 5) is 4.46. The molecule has 1 aromatic carbocycles. The van der Waals surface area contributed by atoms with Crippen LogP contribution in [0.4, 0.5) is 0 Å². The number of benzene rings is 1. The Balaban J connectivity index is 2.10. The van der Waals surface area contributed by atoms with Crippen LogP contribution < -0.4 is 9.47 Å². The maximum Gasteiger partial charge on any atom is 0.175 e. The highest BCUT2D eigenvalue weighted by atomic mass is 16.6. The number of fused-ring (bicyclic) bond motifs is 2. The Morgan fingerprint density at radius 1 is 0.880 bits per heavy atom. The molecule has 142 valence electrons. The quantitative estimate of drug-likeness (QED) is 0.716. The number of hydrogen-bond acceptors (Lipinski definition) is 5. The molecule has 0 saturated carbocycles. The summed E-state index contributed by atoms with van der Waals surface area (Å²) < 4.78 is 18.3. The zero-order valence-electron chi connectivity index (χ0n) is 16.2. The lowest BCUT2D eigenvalue weighted by molar-refractivity contribution is -0.0790. The first-order chi connectivity index (χ1) is 12.1. The molecule has 0 aromatic heterocycles. The highest BCUT2D eigenvalue weighted by Gasteiger charge is 2.22. The summed E-state index contributed by atoms with van der Waals surface area (Å²) in [5.74, 6) is 1.65. The van der Waals surface area contributed by atoms with Crippen LogP contribution in [0.2, 0.25) is 0 Å². The van der Waals surface area contributed by atoms with Gasteiger partial charge in [-0.15, -0.1) is 0 Å². The highest BCUT2D eigenvalue weighted by Crippen LogP contribution is 2.24. The molecule has 1 aliphatic rings. The van der Waals surface area contributed by atoms with E-state index in [1.165, 1.54) is 12.8 Å². The third-order valence-corrected chi connectivity index (χ3v) is 4.58. The molecule has 0 spiro atoms. The molecule has 0 fully saturated rings. The van der Waals surface area contributed by atoms with Crippen molar-refractivity contribution in [2.24, 2.45) is 0 Å². The van der Waals surface area contributed by atoms with Gasteiger partial charge in [0, 0.05) is 19.2 Å². The Morgan fingerprint density at radius 3 is 1.80 bits per heavy atom. The predicted molar refractivity (Wildman–Crippen MR) is 101 cm³/mol. The van der Waals surface area contributed by atoms with Crippen LogP contribution in [0.5, 0.6) is 11.5 Å². The molecule has 5 heteroatoms. The lowest BCUT2D eigenvalue weighted by atomic mass is 10.3. The lowest BCUT2D eigenvalue weighted by Gasteiger charge is -2.33. The first-order valence-corrected chi connectivity index (χ1v) is 9.55. The molecule has 0 saturated heterocycles. The molecule has 1 heterocycles. The Morgan fingerprint density at radius 2 is 1.36 bits per heavy atom. The van der Waals surface area contributed by atoms with Gasteiger partial charge in [0.05, 0.1) is 13.2 Å². The van der Waals surface area contributed by atoms with Crippen molar-refractivity contribution in [3.05, 3.63) is 24.3 Å². The van der Waals surface area contributed by atoms with Crippen LogP contribution in [-0.2, 0) is 4.74 Å². The third-order valence-electron chi connectivity index (χ3n) is 4.58. The third kappa shape index (κ3) is 6.49. The molecule has 25 heavy (non-hydrogen) atoms. The van der Waals surface area contributed by atoms with Gasteiger partial charge in [0.25, 0.3) is 0 Å². The van der Waals surface area contributed by atoms with Gasteiger partial charge in [0.15, 0.2) is 12.5 Å². The Kier molecular flexibility index (Phi) is 8.52. The van der Waals surface area contributed by atoms with Crippen molar-refractivity contribution in [1.82, 2.24) is 9.80 Å². The number of rotatable bonds is 8. The van der Waals surface area contributed by atoms with Crippen molar-refractivity contribution in [3.8, 4) is 11.5 Å². The van der Waals surface area contributed by atoms with Crippen molar-refractivity contribution >= 4 is 0 Å². The van der Waals surface area contributed by atoms with Gasteiger partial charge in [0.1, 0.15) is 11.5 Å². The summed E-state index contributed by atoms with van der Waals surface area (Å²) in [5.41, 5.74) is 0. The van der Waals surface area contributed by atoms with E-state index in [-0.39, 0.29) is 12.5 Å². The van der Waals surface area contributed by atoms with Crippen LogP contribution in [-0.4, -0.2) is 62.7 Å². The van der Waals surface area contributed by atoms with Gasteiger partial charge in [-0.25, -0.2) is 0 Å². The standard InChI is InChI=1S/C20H34N2O3/c1-5-7-12-21(3)19-15-23-16-20(22(4)13-8-6-2)25-18-11-9-10-17(14-18)24-19/h9-11,14,19-20H,5-8,12-13,15-16H2,1-4H3. The fourth-order valence-electron chi connectivity index (χ4n) is 2.81. The molecule has 2 unspecified atom stereocenters. The van der Waals surface area contributed by atoms with E-state index < -0.39 is 0 Å². The molecular weight excluding hydrogens is 316 g/mol.